The van der Waals surface area contributed by atoms with Crippen molar-refractivity contribution in [2.75, 3.05) is 0 Å². The second-order valence-electron chi connectivity index (χ2n) is 1.44. The first-order chi connectivity index (χ1) is 4.83. The Balaban J connectivity index is -0.000000107. The predicted octanol–water partition coefficient (Wildman–Crippen LogP) is 3.10. The summed E-state index contributed by atoms with van der Waals surface area (Å²) in [6.07, 6.45) is 10.3. The Morgan fingerprint density at radius 3 is 1.09 bits per heavy atom. The van der Waals surface area contributed by atoms with E-state index in [4.69, 9.17) is 13.2 Å². The van der Waals surface area contributed by atoms with Gasteiger partial charge in [0.05, 0.1) is 0 Å². The van der Waals surface area contributed by atoms with Gasteiger partial charge in [0.15, 0.2) is 0 Å². The van der Waals surface area contributed by atoms with Crippen LogP contribution in [0.4, 0.5) is 0 Å². The normalized spacial score (nSPS) is 8.18. The molecule has 0 aromatic carbocycles. The van der Waals surface area contributed by atoms with Crippen LogP contribution in [0.1, 0.15) is 13.8 Å². The zero-order chi connectivity index (χ0) is 8.24. The van der Waals surface area contributed by atoms with Crippen LogP contribution in [-0.4, -0.2) is 0 Å². The minimum Gasteiger partial charge on any atom is -0.293 e. The second kappa shape index (κ2) is 22.6. The van der Waals surface area contributed by atoms with E-state index >= 15 is 0 Å². The van der Waals surface area contributed by atoms with Gasteiger partial charge in [-0.1, -0.05) is 13.8 Å². The van der Waals surface area contributed by atoms with Crippen molar-refractivity contribution in [1.29, 1.82) is 0 Å². The second-order valence-corrected chi connectivity index (χ2v) is 1.44. The van der Waals surface area contributed by atoms with Crippen LogP contribution in [0.5, 0.6) is 0 Å². The van der Waals surface area contributed by atoms with E-state index in [2.05, 4.69) is 0 Å². The van der Waals surface area contributed by atoms with Gasteiger partial charge in [-0.15, -0.1) is 0 Å². The van der Waals surface area contributed by atoms with Crippen LogP contribution in [-0.2, 0) is 19.5 Å². The van der Waals surface area contributed by atoms with Crippen molar-refractivity contribution in [2.45, 2.75) is 13.8 Å². The molecular formula is C10H14Ru. The standard InChI is InChI=1S/2C5H7.Ru/c2*1-3-5-4-2;/h2*1,3-5H,2H3;/q2*-1;+2/b2*5-4+;. The smallest absolute Gasteiger partial charge is 0.293 e. The molecule has 0 bridgehead atoms. The van der Waals surface area contributed by atoms with Crippen molar-refractivity contribution in [3.63, 3.8) is 0 Å². The molecule has 1 heteroatoms. The Morgan fingerprint density at radius 1 is 0.818 bits per heavy atom. The third kappa shape index (κ3) is 42.9. The zero-order valence-corrected chi connectivity index (χ0v) is 8.71. The van der Waals surface area contributed by atoms with Gasteiger partial charge in [0.1, 0.15) is 0 Å². The number of hydrogen-bond donors (Lipinski definition) is 0. The van der Waals surface area contributed by atoms with Crippen LogP contribution in [0.2, 0.25) is 0 Å². The van der Waals surface area contributed by atoms with Gasteiger partial charge in [-0.3, -0.25) is 13.2 Å². The summed E-state index contributed by atoms with van der Waals surface area (Å²) >= 11 is 0. The summed E-state index contributed by atoms with van der Waals surface area (Å²) in [5.41, 5.74) is 0. The molecule has 0 atom stereocenters. The van der Waals surface area contributed by atoms with Crippen molar-refractivity contribution in [1.82, 2.24) is 0 Å². The maximum atomic E-state index is 4.93. The number of hydrogen-bond acceptors (Lipinski definition) is 0. The average molecular weight is 235 g/mol. The minimum absolute atomic E-state index is 0. The van der Waals surface area contributed by atoms with Gasteiger partial charge in [0.2, 0.25) is 0 Å². The fourth-order valence-corrected chi connectivity index (χ4v) is 0.222. The largest absolute Gasteiger partial charge is 2.00 e. The van der Waals surface area contributed by atoms with E-state index in [0.29, 0.717) is 0 Å². The summed E-state index contributed by atoms with van der Waals surface area (Å²) in [5, 5.41) is 0. The van der Waals surface area contributed by atoms with Crippen LogP contribution in [0, 0.1) is 13.2 Å². The summed E-state index contributed by atoms with van der Waals surface area (Å²) in [5.74, 6) is 0. The topological polar surface area (TPSA) is 0 Å². The summed E-state index contributed by atoms with van der Waals surface area (Å²) in [4.78, 5) is 0. The van der Waals surface area contributed by atoms with E-state index < -0.39 is 0 Å². The fraction of sp³-hybridized carbons (Fsp3) is 0.200. The first-order valence-corrected chi connectivity index (χ1v) is 3.15. The van der Waals surface area contributed by atoms with E-state index in [-0.39, 0.29) is 19.5 Å². The molecule has 0 amide bonds. The number of rotatable bonds is 2. The molecule has 11 heavy (non-hydrogen) atoms. The molecule has 0 N–H and O–H groups in total. The molecule has 0 aliphatic heterocycles. The molecule has 0 saturated heterocycles. The first kappa shape index (κ1) is 16.9. The van der Waals surface area contributed by atoms with Crippen LogP contribution in [0.15, 0.2) is 36.5 Å². The molecule has 0 spiro atoms. The van der Waals surface area contributed by atoms with Crippen LogP contribution >= 0.6 is 0 Å². The van der Waals surface area contributed by atoms with Crippen molar-refractivity contribution >= 4 is 0 Å². The quantitative estimate of drug-likeness (QED) is 0.392. The Labute approximate surface area is 83.2 Å². The maximum absolute atomic E-state index is 4.93. The summed E-state index contributed by atoms with van der Waals surface area (Å²) in [6.45, 7) is 13.7. The van der Waals surface area contributed by atoms with Gasteiger partial charge in [-0.2, -0.15) is 12.2 Å². The predicted molar refractivity (Wildman–Crippen MR) is 47.4 cm³/mol. The van der Waals surface area contributed by atoms with Gasteiger partial charge in [0, 0.05) is 0 Å². The molecule has 0 unspecified atom stereocenters. The molecule has 0 radical (unpaired) electrons. The third-order valence-electron chi connectivity index (χ3n) is 0.607. The van der Waals surface area contributed by atoms with Crippen LogP contribution < -0.4 is 0 Å². The minimum atomic E-state index is 0. The van der Waals surface area contributed by atoms with E-state index in [1.165, 1.54) is 12.2 Å². The monoisotopic (exact) mass is 236 g/mol. The molecule has 0 nitrogen and oxygen atoms in total. The molecule has 0 rings (SSSR count). The SMILES string of the molecule is [CH-]=C/C=C/C.[CH-]=C/C=C/C.[Ru+2]. The molecule has 62 valence electrons. The Kier molecular flexibility index (Phi) is 34.8. The molecule has 0 fully saturated rings. The van der Waals surface area contributed by atoms with E-state index in [1.807, 2.05) is 26.0 Å². The van der Waals surface area contributed by atoms with Gasteiger partial charge < -0.3 is 0 Å². The third-order valence-corrected chi connectivity index (χ3v) is 0.607. The molecule has 0 heterocycles. The van der Waals surface area contributed by atoms with Gasteiger partial charge in [0.25, 0.3) is 0 Å². The van der Waals surface area contributed by atoms with E-state index in [1.54, 1.807) is 12.2 Å². The van der Waals surface area contributed by atoms with Crippen LogP contribution in [0.3, 0.4) is 0 Å². The Morgan fingerprint density at radius 2 is 1.09 bits per heavy atom. The summed E-state index contributed by atoms with van der Waals surface area (Å²) in [6, 6.07) is 0. The first-order valence-electron chi connectivity index (χ1n) is 3.15. The van der Waals surface area contributed by atoms with Crippen molar-refractivity contribution in [3.8, 4) is 0 Å². The van der Waals surface area contributed by atoms with Crippen LogP contribution in [0.25, 0.3) is 0 Å². The van der Waals surface area contributed by atoms with Gasteiger partial charge in [-0.05, 0) is 0 Å². The van der Waals surface area contributed by atoms with E-state index in [9.17, 15) is 0 Å². The molecule has 0 aliphatic rings. The van der Waals surface area contributed by atoms with Crippen molar-refractivity contribution < 1.29 is 19.5 Å². The fourth-order valence-electron chi connectivity index (χ4n) is 0.222. The summed E-state index contributed by atoms with van der Waals surface area (Å²) in [7, 11) is 0. The Hall–Kier alpha value is -0.417. The van der Waals surface area contributed by atoms with Crippen molar-refractivity contribution in [2.24, 2.45) is 0 Å². The van der Waals surface area contributed by atoms with Crippen molar-refractivity contribution in [3.05, 3.63) is 49.6 Å². The summed E-state index contributed by atoms with van der Waals surface area (Å²) < 4.78 is 0. The zero-order valence-electron chi connectivity index (χ0n) is 6.97. The maximum Gasteiger partial charge on any atom is 2.00 e. The van der Waals surface area contributed by atoms with E-state index in [0.717, 1.165) is 0 Å². The molecule has 0 saturated carbocycles. The molecule has 0 aliphatic carbocycles. The Bertz CT molecular complexity index is 105. The van der Waals surface area contributed by atoms with Gasteiger partial charge in [-0.25, -0.2) is 24.3 Å². The molecule has 0 aromatic rings. The molecule has 0 aromatic heterocycles. The van der Waals surface area contributed by atoms with Gasteiger partial charge >= 0.3 is 19.5 Å². The number of allylic oxidation sites excluding steroid dienone is 6. The molecular weight excluding hydrogens is 221 g/mol. The average Bonchev–Trinajstić information content (AvgIpc) is 1.93.